The van der Waals surface area contributed by atoms with Gasteiger partial charge in [-0.3, -0.25) is 4.79 Å². The standard InChI is InChI=1S/C10H12BrNO3S/c1-16(14,15)12-10(13)9-4-2-8(3-5-9)6-7-11/h2-5H,6-7H2,1H3,(H,12,13). The molecule has 1 amide bonds. The van der Waals surface area contributed by atoms with Crippen LogP contribution >= 0.6 is 15.9 Å². The Morgan fingerprint density at radius 1 is 1.31 bits per heavy atom. The van der Waals surface area contributed by atoms with Gasteiger partial charge in [0.15, 0.2) is 0 Å². The lowest BCUT2D eigenvalue weighted by molar-refractivity contribution is 0.0981. The molecule has 1 rings (SSSR count). The summed E-state index contributed by atoms with van der Waals surface area (Å²) >= 11 is 3.31. The molecule has 0 aliphatic carbocycles. The van der Waals surface area contributed by atoms with Gasteiger partial charge in [0, 0.05) is 10.9 Å². The number of hydrogen-bond donors (Lipinski definition) is 1. The first kappa shape index (κ1) is 13.2. The zero-order chi connectivity index (χ0) is 12.2. The molecule has 0 aromatic heterocycles. The summed E-state index contributed by atoms with van der Waals surface area (Å²) in [5.41, 5.74) is 1.43. The topological polar surface area (TPSA) is 63.2 Å². The van der Waals surface area contributed by atoms with Gasteiger partial charge < -0.3 is 0 Å². The van der Waals surface area contributed by atoms with Crippen LogP contribution in [0.1, 0.15) is 15.9 Å². The van der Waals surface area contributed by atoms with E-state index >= 15 is 0 Å². The summed E-state index contributed by atoms with van der Waals surface area (Å²) < 4.78 is 23.6. The molecule has 4 nitrogen and oxygen atoms in total. The fraction of sp³-hybridized carbons (Fsp3) is 0.300. The van der Waals surface area contributed by atoms with Crippen molar-refractivity contribution in [2.75, 3.05) is 11.6 Å². The van der Waals surface area contributed by atoms with Crippen LogP contribution in [-0.2, 0) is 16.4 Å². The third-order valence-corrected chi connectivity index (χ3v) is 2.83. The molecule has 0 atom stereocenters. The number of nitrogens with one attached hydrogen (secondary N) is 1. The minimum atomic E-state index is -3.50. The van der Waals surface area contributed by atoms with Crippen LogP contribution in [0.15, 0.2) is 24.3 Å². The number of sulfonamides is 1. The molecule has 0 unspecified atom stereocenters. The fourth-order valence-electron chi connectivity index (χ4n) is 1.16. The number of amides is 1. The Morgan fingerprint density at radius 3 is 2.31 bits per heavy atom. The number of aryl methyl sites for hydroxylation is 1. The van der Waals surface area contributed by atoms with E-state index in [0.717, 1.165) is 23.6 Å². The van der Waals surface area contributed by atoms with Crippen molar-refractivity contribution >= 4 is 31.9 Å². The van der Waals surface area contributed by atoms with E-state index in [9.17, 15) is 13.2 Å². The van der Waals surface area contributed by atoms with E-state index in [1.807, 2.05) is 4.72 Å². The number of carbonyl (C=O) groups is 1. The maximum Gasteiger partial charge on any atom is 0.264 e. The number of benzene rings is 1. The highest BCUT2D eigenvalue weighted by Gasteiger charge is 2.10. The van der Waals surface area contributed by atoms with Crippen molar-refractivity contribution in [3.05, 3.63) is 35.4 Å². The van der Waals surface area contributed by atoms with Crippen LogP contribution in [0.5, 0.6) is 0 Å². The molecule has 0 aliphatic heterocycles. The zero-order valence-electron chi connectivity index (χ0n) is 8.73. The molecule has 0 heterocycles. The molecular formula is C10H12BrNO3S. The molecule has 16 heavy (non-hydrogen) atoms. The predicted octanol–water partition coefficient (Wildman–Crippen LogP) is 1.31. The number of alkyl halides is 1. The molecule has 1 N–H and O–H groups in total. The van der Waals surface area contributed by atoms with E-state index in [-0.39, 0.29) is 0 Å². The van der Waals surface area contributed by atoms with Gasteiger partial charge in [-0.05, 0) is 24.1 Å². The van der Waals surface area contributed by atoms with Crippen molar-refractivity contribution in [1.82, 2.24) is 4.72 Å². The normalized spacial score (nSPS) is 11.1. The molecule has 0 saturated heterocycles. The molecule has 0 aliphatic rings. The van der Waals surface area contributed by atoms with Gasteiger partial charge in [-0.1, -0.05) is 28.1 Å². The molecule has 88 valence electrons. The third kappa shape index (κ3) is 4.32. The van der Waals surface area contributed by atoms with Gasteiger partial charge in [0.25, 0.3) is 5.91 Å². The largest absolute Gasteiger partial charge is 0.268 e. The van der Waals surface area contributed by atoms with Crippen LogP contribution in [0.3, 0.4) is 0 Å². The summed E-state index contributed by atoms with van der Waals surface area (Å²) in [6, 6.07) is 6.83. The second-order valence-corrected chi connectivity index (χ2v) is 5.88. The van der Waals surface area contributed by atoms with Crippen LogP contribution in [-0.4, -0.2) is 25.9 Å². The van der Waals surface area contributed by atoms with Crippen molar-refractivity contribution in [1.29, 1.82) is 0 Å². The summed E-state index contributed by atoms with van der Waals surface area (Å²) in [5, 5.41) is 0.849. The lowest BCUT2D eigenvalue weighted by Crippen LogP contribution is -2.29. The quantitative estimate of drug-likeness (QED) is 0.853. The second-order valence-electron chi connectivity index (χ2n) is 3.34. The summed E-state index contributed by atoms with van der Waals surface area (Å²) in [5.74, 6) is -0.604. The zero-order valence-corrected chi connectivity index (χ0v) is 11.1. The van der Waals surface area contributed by atoms with Crippen LogP contribution in [0, 0.1) is 0 Å². The maximum atomic E-state index is 11.4. The van der Waals surface area contributed by atoms with E-state index in [2.05, 4.69) is 15.9 Å². The van der Waals surface area contributed by atoms with Gasteiger partial charge in [0.1, 0.15) is 0 Å². The van der Waals surface area contributed by atoms with Crippen LogP contribution in [0.4, 0.5) is 0 Å². The van der Waals surface area contributed by atoms with Crippen molar-refractivity contribution in [3.8, 4) is 0 Å². The molecule has 0 saturated carbocycles. The molecule has 0 radical (unpaired) electrons. The summed E-state index contributed by atoms with van der Waals surface area (Å²) in [7, 11) is -3.50. The Morgan fingerprint density at radius 2 is 1.88 bits per heavy atom. The maximum absolute atomic E-state index is 11.4. The van der Waals surface area contributed by atoms with E-state index < -0.39 is 15.9 Å². The van der Waals surface area contributed by atoms with Crippen molar-refractivity contribution in [2.45, 2.75) is 6.42 Å². The fourth-order valence-corrected chi connectivity index (χ4v) is 2.07. The average Bonchev–Trinajstić information content (AvgIpc) is 2.16. The van der Waals surface area contributed by atoms with Crippen LogP contribution in [0.25, 0.3) is 0 Å². The third-order valence-electron chi connectivity index (χ3n) is 1.88. The Bertz CT molecular complexity index is 467. The smallest absolute Gasteiger partial charge is 0.264 e. The Hall–Kier alpha value is -0.880. The van der Waals surface area contributed by atoms with E-state index in [0.29, 0.717) is 5.56 Å². The molecule has 0 spiro atoms. The first-order valence-electron chi connectivity index (χ1n) is 4.59. The highest BCUT2D eigenvalue weighted by molar-refractivity contribution is 9.09. The number of carbonyl (C=O) groups excluding carboxylic acids is 1. The molecule has 0 bridgehead atoms. The van der Waals surface area contributed by atoms with E-state index in [1.54, 1.807) is 24.3 Å². The Kier molecular flexibility index (Phi) is 4.49. The highest BCUT2D eigenvalue weighted by atomic mass is 79.9. The summed E-state index contributed by atoms with van der Waals surface area (Å²) in [6.07, 6.45) is 1.82. The van der Waals surface area contributed by atoms with Gasteiger partial charge in [-0.25, -0.2) is 13.1 Å². The van der Waals surface area contributed by atoms with Crippen LogP contribution < -0.4 is 4.72 Å². The first-order valence-corrected chi connectivity index (χ1v) is 7.60. The lowest BCUT2D eigenvalue weighted by atomic mass is 10.1. The summed E-state index contributed by atoms with van der Waals surface area (Å²) in [4.78, 5) is 11.4. The van der Waals surface area contributed by atoms with Crippen molar-refractivity contribution < 1.29 is 13.2 Å². The van der Waals surface area contributed by atoms with E-state index in [4.69, 9.17) is 0 Å². The minimum Gasteiger partial charge on any atom is -0.268 e. The van der Waals surface area contributed by atoms with Crippen molar-refractivity contribution in [2.24, 2.45) is 0 Å². The van der Waals surface area contributed by atoms with Gasteiger partial charge in [0.05, 0.1) is 6.26 Å². The molecule has 1 aromatic carbocycles. The van der Waals surface area contributed by atoms with Gasteiger partial charge >= 0.3 is 0 Å². The van der Waals surface area contributed by atoms with Gasteiger partial charge in [-0.15, -0.1) is 0 Å². The highest BCUT2D eigenvalue weighted by Crippen LogP contribution is 2.06. The molecular weight excluding hydrogens is 294 g/mol. The second kappa shape index (κ2) is 5.45. The lowest BCUT2D eigenvalue weighted by Gasteiger charge is -2.03. The van der Waals surface area contributed by atoms with E-state index in [1.165, 1.54) is 0 Å². The minimum absolute atomic E-state index is 0.337. The van der Waals surface area contributed by atoms with Gasteiger partial charge in [0.2, 0.25) is 10.0 Å². The number of rotatable bonds is 4. The average molecular weight is 306 g/mol. The Balaban J connectivity index is 2.78. The Labute approximate surface area is 103 Å². The predicted molar refractivity (Wildman–Crippen MR) is 66.3 cm³/mol. The molecule has 1 aromatic rings. The molecule has 0 fully saturated rings. The monoisotopic (exact) mass is 305 g/mol. The number of halogens is 1. The van der Waals surface area contributed by atoms with Crippen molar-refractivity contribution in [3.63, 3.8) is 0 Å². The van der Waals surface area contributed by atoms with Crippen LogP contribution in [0.2, 0.25) is 0 Å². The SMILES string of the molecule is CS(=O)(=O)NC(=O)c1ccc(CCBr)cc1. The molecule has 6 heteroatoms. The van der Waals surface area contributed by atoms with Gasteiger partial charge in [-0.2, -0.15) is 0 Å². The first-order chi connectivity index (χ1) is 7.42. The summed E-state index contributed by atoms with van der Waals surface area (Å²) in [6.45, 7) is 0. The number of hydrogen-bond acceptors (Lipinski definition) is 3.